The van der Waals surface area contributed by atoms with E-state index in [1.165, 1.54) is 0 Å². The van der Waals surface area contributed by atoms with Crippen molar-refractivity contribution in [2.24, 2.45) is 4.99 Å². The summed E-state index contributed by atoms with van der Waals surface area (Å²) in [5.74, 6) is 2.46. The van der Waals surface area contributed by atoms with Crippen molar-refractivity contribution in [2.75, 3.05) is 39.3 Å². The number of methoxy groups -OCH3 is 2. The molecule has 162 valence electrons. The van der Waals surface area contributed by atoms with Crippen molar-refractivity contribution >= 4 is 23.2 Å². The Balaban J connectivity index is 1.61. The molecule has 0 spiro atoms. The Morgan fingerprint density at radius 2 is 2.10 bits per heavy atom. The molecule has 2 N–H and O–H groups in total. The molecule has 30 heavy (non-hydrogen) atoms. The molecule has 2 aromatic rings. The maximum atomic E-state index is 6.20. The zero-order valence-corrected chi connectivity index (χ0v) is 19.0. The van der Waals surface area contributed by atoms with Crippen LogP contribution in [-0.2, 0) is 6.54 Å². The molecule has 0 radical (unpaired) electrons. The number of nitrogens with zero attached hydrogens (tertiary/aromatic N) is 3. The molecule has 3 rings (SSSR count). The van der Waals surface area contributed by atoms with E-state index in [2.05, 4.69) is 25.5 Å². The first-order valence-corrected chi connectivity index (χ1v) is 10.4. The van der Waals surface area contributed by atoms with E-state index in [0.717, 1.165) is 59.5 Å². The molecule has 0 amide bonds. The van der Waals surface area contributed by atoms with E-state index < -0.39 is 0 Å². The van der Waals surface area contributed by atoms with Crippen LogP contribution in [0.25, 0.3) is 0 Å². The van der Waals surface area contributed by atoms with E-state index in [9.17, 15) is 0 Å². The Morgan fingerprint density at radius 1 is 1.30 bits per heavy atom. The quantitative estimate of drug-likeness (QED) is 0.540. The second-order valence-corrected chi connectivity index (χ2v) is 7.80. The Hall–Kier alpha value is -2.67. The number of nitrogens with one attached hydrogen (secondary N) is 2. The standard InChI is InChI=1S/C22H30ClN5O2/c1-14-11-25-18(15(2)21(14)30-5)12-26-22(24-3)27-17-8-9-28(13-17)19-10-16(23)6-7-20(19)29-4/h6-7,10-11,17H,8-9,12-13H2,1-5H3,(H2,24,26,27). The Bertz CT molecular complexity index is 919. The lowest BCUT2D eigenvalue weighted by Crippen LogP contribution is -2.44. The van der Waals surface area contributed by atoms with Crippen LogP contribution in [0.1, 0.15) is 23.2 Å². The molecule has 1 aromatic carbocycles. The number of aryl methyl sites for hydroxylation is 1. The zero-order chi connectivity index (χ0) is 21.7. The third-order valence-electron chi connectivity index (χ3n) is 5.41. The van der Waals surface area contributed by atoms with Crippen LogP contribution in [0.5, 0.6) is 11.5 Å². The molecule has 1 aliphatic rings. The molecule has 0 aliphatic carbocycles. The number of rotatable bonds is 6. The lowest BCUT2D eigenvalue weighted by molar-refractivity contribution is 0.406. The second kappa shape index (κ2) is 9.89. The van der Waals surface area contributed by atoms with Crippen molar-refractivity contribution in [3.63, 3.8) is 0 Å². The monoisotopic (exact) mass is 431 g/mol. The number of halogens is 1. The summed E-state index contributed by atoms with van der Waals surface area (Å²) in [7, 11) is 5.15. The molecule has 1 fully saturated rings. The summed E-state index contributed by atoms with van der Waals surface area (Å²) >= 11 is 6.20. The van der Waals surface area contributed by atoms with E-state index in [-0.39, 0.29) is 6.04 Å². The number of guanidine groups is 1. The van der Waals surface area contributed by atoms with E-state index in [0.29, 0.717) is 11.6 Å². The van der Waals surface area contributed by atoms with Crippen LogP contribution >= 0.6 is 11.6 Å². The van der Waals surface area contributed by atoms with Gasteiger partial charge in [0.2, 0.25) is 0 Å². The first-order valence-electron chi connectivity index (χ1n) is 10.0. The maximum Gasteiger partial charge on any atom is 0.191 e. The molecule has 8 heteroatoms. The highest BCUT2D eigenvalue weighted by Gasteiger charge is 2.25. The van der Waals surface area contributed by atoms with Crippen molar-refractivity contribution in [3.8, 4) is 11.5 Å². The van der Waals surface area contributed by atoms with Crippen molar-refractivity contribution < 1.29 is 9.47 Å². The number of aliphatic imine (C=N–C) groups is 1. The summed E-state index contributed by atoms with van der Waals surface area (Å²) in [5, 5.41) is 7.58. The van der Waals surface area contributed by atoms with E-state index in [1.54, 1.807) is 21.3 Å². The number of pyridine rings is 1. The van der Waals surface area contributed by atoms with Gasteiger partial charge in [0, 0.05) is 48.5 Å². The van der Waals surface area contributed by atoms with Gasteiger partial charge in [-0.1, -0.05) is 11.6 Å². The molecule has 1 aliphatic heterocycles. The lowest BCUT2D eigenvalue weighted by atomic mass is 10.1. The number of hydrogen-bond donors (Lipinski definition) is 2. The fourth-order valence-electron chi connectivity index (χ4n) is 3.81. The lowest BCUT2D eigenvalue weighted by Gasteiger charge is -2.22. The van der Waals surface area contributed by atoms with Gasteiger partial charge in [0.1, 0.15) is 11.5 Å². The van der Waals surface area contributed by atoms with Gasteiger partial charge >= 0.3 is 0 Å². The second-order valence-electron chi connectivity index (χ2n) is 7.36. The summed E-state index contributed by atoms with van der Waals surface area (Å²) in [6, 6.07) is 5.97. The molecule has 0 bridgehead atoms. The van der Waals surface area contributed by atoms with Gasteiger partial charge in [-0.2, -0.15) is 0 Å². The summed E-state index contributed by atoms with van der Waals surface area (Å²) in [5.41, 5.74) is 4.03. The van der Waals surface area contributed by atoms with Gasteiger partial charge in [-0.15, -0.1) is 0 Å². The first kappa shape index (κ1) is 22.0. The van der Waals surface area contributed by atoms with Crippen LogP contribution in [0.2, 0.25) is 5.02 Å². The van der Waals surface area contributed by atoms with Gasteiger partial charge < -0.3 is 25.0 Å². The number of anilines is 1. The number of ether oxygens (including phenoxy) is 2. The van der Waals surface area contributed by atoms with Gasteiger partial charge in [-0.25, -0.2) is 0 Å². The van der Waals surface area contributed by atoms with E-state index >= 15 is 0 Å². The fraction of sp³-hybridized carbons (Fsp3) is 0.455. The minimum absolute atomic E-state index is 0.265. The highest BCUT2D eigenvalue weighted by Crippen LogP contribution is 2.33. The van der Waals surface area contributed by atoms with Crippen LogP contribution in [0.15, 0.2) is 29.4 Å². The predicted octanol–water partition coefficient (Wildman–Crippen LogP) is 3.31. The molecule has 1 saturated heterocycles. The predicted molar refractivity (Wildman–Crippen MR) is 122 cm³/mol. The SMILES string of the molecule is CN=C(NCc1ncc(C)c(OC)c1C)NC1CCN(c2cc(Cl)ccc2OC)C1. The van der Waals surface area contributed by atoms with Gasteiger partial charge in [-0.3, -0.25) is 9.98 Å². The van der Waals surface area contributed by atoms with Crippen LogP contribution in [0.3, 0.4) is 0 Å². The normalized spacial score (nSPS) is 16.5. The van der Waals surface area contributed by atoms with Gasteiger partial charge in [-0.05, 0) is 38.5 Å². The molecule has 1 atom stereocenters. The largest absolute Gasteiger partial charge is 0.496 e. The van der Waals surface area contributed by atoms with Crippen molar-refractivity contribution in [3.05, 3.63) is 46.2 Å². The average molecular weight is 432 g/mol. The van der Waals surface area contributed by atoms with E-state index in [4.69, 9.17) is 21.1 Å². The van der Waals surface area contributed by atoms with Crippen LogP contribution in [-0.4, -0.2) is 51.3 Å². The van der Waals surface area contributed by atoms with Crippen LogP contribution < -0.4 is 25.0 Å². The van der Waals surface area contributed by atoms with Crippen molar-refractivity contribution in [1.29, 1.82) is 0 Å². The Morgan fingerprint density at radius 3 is 2.80 bits per heavy atom. The fourth-order valence-corrected chi connectivity index (χ4v) is 3.98. The summed E-state index contributed by atoms with van der Waals surface area (Å²) in [4.78, 5) is 11.2. The maximum absolute atomic E-state index is 6.20. The highest BCUT2D eigenvalue weighted by atomic mass is 35.5. The zero-order valence-electron chi connectivity index (χ0n) is 18.3. The summed E-state index contributed by atoms with van der Waals surface area (Å²) < 4.78 is 11.0. The molecule has 1 unspecified atom stereocenters. The smallest absolute Gasteiger partial charge is 0.191 e. The number of aromatic nitrogens is 1. The minimum Gasteiger partial charge on any atom is -0.496 e. The van der Waals surface area contributed by atoms with Crippen LogP contribution in [0.4, 0.5) is 5.69 Å². The highest BCUT2D eigenvalue weighted by molar-refractivity contribution is 6.30. The van der Waals surface area contributed by atoms with Gasteiger partial charge in [0.05, 0.1) is 32.1 Å². The summed E-state index contributed by atoms with van der Waals surface area (Å²) in [6.07, 6.45) is 2.83. The van der Waals surface area contributed by atoms with Crippen molar-refractivity contribution in [2.45, 2.75) is 32.9 Å². The third kappa shape index (κ3) is 4.90. The van der Waals surface area contributed by atoms with Crippen molar-refractivity contribution in [1.82, 2.24) is 15.6 Å². The van der Waals surface area contributed by atoms with Crippen LogP contribution in [0, 0.1) is 13.8 Å². The molecule has 2 heterocycles. The molecule has 7 nitrogen and oxygen atoms in total. The third-order valence-corrected chi connectivity index (χ3v) is 5.64. The average Bonchev–Trinajstić information content (AvgIpc) is 3.21. The first-order chi connectivity index (χ1) is 14.5. The number of hydrogen-bond acceptors (Lipinski definition) is 5. The topological polar surface area (TPSA) is 71.0 Å². The van der Waals surface area contributed by atoms with Gasteiger partial charge in [0.15, 0.2) is 5.96 Å². The summed E-state index contributed by atoms with van der Waals surface area (Å²) in [6.45, 7) is 6.35. The Kier molecular flexibility index (Phi) is 7.26. The van der Waals surface area contributed by atoms with Gasteiger partial charge in [0.25, 0.3) is 0 Å². The molecular weight excluding hydrogens is 402 g/mol. The minimum atomic E-state index is 0.265. The molecular formula is C22H30ClN5O2. The molecule has 0 saturated carbocycles. The number of benzene rings is 1. The molecule has 1 aromatic heterocycles. The Labute approximate surface area is 183 Å². The van der Waals surface area contributed by atoms with E-state index in [1.807, 2.05) is 38.2 Å².